The van der Waals surface area contributed by atoms with Crippen LogP contribution in [0.5, 0.6) is 0 Å². The summed E-state index contributed by atoms with van der Waals surface area (Å²) in [6, 6.07) is 0.301. The van der Waals surface area contributed by atoms with Crippen molar-refractivity contribution < 1.29 is 9.90 Å². The van der Waals surface area contributed by atoms with Crippen LogP contribution in [0.3, 0.4) is 0 Å². The van der Waals surface area contributed by atoms with Crippen LogP contribution < -0.4 is 0 Å². The molecule has 3 heteroatoms. The number of hydrogen-bond acceptors (Lipinski definition) is 2. The van der Waals surface area contributed by atoms with Crippen molar-refractivity contribution in [2.24, 2.45) is 0 Å². The van der Waals surface area contributed by atoms with Crippen LogP contribution in [-0.4, -0.2) is 35.1 Å². The maximum Gasteiger partial charge on any atom is 0.298 e. The van der Waals surface area contributed by atoms with E-state index in [-0.39, 0.29) is 12.5 Å². The largest absolute Gasteiger partial charge is 0.395 e. The minimum Gasteiger partial charge on any atom is -0.395 e. The Morgan fingerprint density at radius 1 is 1.50 bits per heavy atom. The molecule has 0 heterocycles. The van der Waals surface area contributed by atoms with Crippen LogP contribution in [0.4, 0.5) is 0 Å². The minimum atomic E-state index is -0.145. The molecule has 3 nitrogen and oxygen atoms in total. The molecule has 1 saturated carbocycles. The van der Waals surface area contributed by atoms with Gasteiger partial charge in [-0.1, -0.05) is 18.8 Å². The Balaban J connectivity index is 2.60. The third kappa shape index (κ3) is 2.74. The van der Waals surface area contributed by atoms with Gasteiger partial charge < -0.3 is 10.0 Å². The number of carbonyl (C=O) groups excluding carboxylic acids is 1. The number of hydrogen-bond donors (Lipinski definition) is 1. The molecule has 0 radical (unpaired) electrons. The second kappa shape index (κ2) is 5.66. The second-order valence-electron chi connectivity index (χ2n) is 3.54. The first-order valence-electron chi connectivity index (χ1n) is 5.13. The van der Waals surface area contributed by atoms with Gasteiger partial charge in [0.05, 0.1) is 6.61 Å². The Labute approximate surface area is 85.1 Å². The van der Waals surface area contributed by atoms with Crippen molar-refractivity contribution in [2.75, 3.05) is 13.2 Å². The van der Waals surface area contributed by atoms with Crippen LogP contribution in [0.15, 0.2) is 0 Å². The molecule has 1 aliphatic carbocycles. The van der Waals surface area contributed by atoms with E-state index >= 15 is 0 Å². The summed E-state index contributed by atoms with van der Waals surface area (Å²) < 4.78 is 0. The van der Waals surface area contributed by atoms with Crippen molar-refractivity contribution in [1.82, 2.24) is 4.90 Å². The fourth-order valence-electron chi connectivity index (χ4n) is 1.95. The fraction of sp³-hybridized carbons (Fsp3) is 0.727. The van der Waals surface area contributed by atoms with Gasteiger partial charge in [0.1, 0.15) is 0 Å². The van der Waals surface area contributed by atoms with E-state index in [1.54, 1.807) is 11.8 Å². The second-order valence-corrected chi connectivity index (χ2v) is 3.54. The van der Waals surface area contributed by atoms with E-state index in [0.717, 1.165) is 12.8 Å². The third-order valence-electron chi connectivity index (χ3n) is 2.60. The molecule has 0 unspecified atom stereocenters. The molecule has 1 aliphatic rings. The lowest BCUT2D eigenvalue weighted by Crippen LogP contribution is -2.40. The predicted octanol–water partition coefficient (Wildman–Crippen LogP) is 0.773. The first-order chi connectivity index (χ1) is 6.79. The van der Waals surface area contributed by atoms with Gasteiger partial charge in [-0.2, -0.15) is 0 Å². The van der Waals surface area contributed by atoms with Gasteiger partial charge in [0, 0.05) is 12.6 Å². The number of nitrogens with zero attached hydrogens (tertiary/aromatic N) is 1. The first kappa shape index (κ1) is 11.1. The summed E-state index contributed by atoms with van der Waals surface area (Å²) in [6.07, 6.45) is 4.47. The maximum absolute atomic E-state index is 11.6. The summed E-state index contributed by atoms with van der Waals surface area (Å²) in [5.41, 5.74) is 0. The lowest BCUT2D eigenvalue weighted by molar-refractivity contribution is -0.127. The van der Waals surface area contributed by atoms with Crippen molar-refractivity contribution in [3.05, 3.63) is 0 Å². The van der Waals surface area contributed by atoms with Gasteiger partial charge in [-0.3, -0.25) is 4.79 Å². The summed E-state index contributed by atoms with van der Waals surface area (Å²) in [7, 11) is 0. The first-order valence-corrected chi connectivity index (χ1v) is 5.13. The monoisotopic (exact) mass is 195 g/mol. The average Bonchev–Trinajstić information content (AvgIpc) is 2.67. The number of rotatable bonds is 3. The molecule has 0 atom stereocenters. The summed E-state index contributed by atoms with van der Waals surface area (Å²) in [4.78, 5) is 13.3. The van der Waals surface area contributed by atoms with Gasteiger partial charge in [0.25, 0.3) is 5.91 Å². The maximum atomic E-state index is 11.6. The van der Waals surface area contributed by atoms with E-state index in [1.165, 1.54) is 12.8 Å². The SMILES string of the molecule is CC#CC(=O)N(CCO)C1CCCC1. The zero-order chi connectivity index (χ0) is 10.4. The highest BCUT2D eigenvalue weighted by atomic mass is 16.3. The topological polar surface area (TPSA) is 40.5 Å². The molecule has 0 aromatic rings. The molecule has 0 saturated heterocycles. The van der Waals surface area contributed by atoms with E-state index in [4.69, 9.17) is 5.11 Å². The van der Waals surface area contributed by atoms with E-state index in [0.29, 0.717) is 12.6 Å². The van der Waals surface area contributed by atoms with Gasteiger partial charge in [-0.25, -0.2) is 0 Å². The van der Waals surface area contributed by atoms with E-state index in [1.807, 2.05) is 0 Å². The van der Waals surface area contributed by atoms with Gasteiger partial charge >= 0.3 is 0 Å². The average molecular weight is 195 g/mol. The highest BCUT2D eigenvalue weighted by Crippen LogP contribution is 2.23. The van der Waals surface area contributed by atoms with E-state index in [2.05, 4.69) is 11.8 Å². The Bertz CT molecular complexity index is 246. The molecule has 1 rings (SSSR count). The fourth-order valence-corrected chi connectivity index (χ4v) is 1.95. The lowest BCUT2D eigenvalue weighted by Gasteiger charge is -2.26. The van der Waals surface area contributed by atoms with Crippen molar-refractivity contribution in [2.45, 2.75) is 38.6 Å². The quantitative estimate of drug-likeness (QED) is 0.676. The summed E-state index contributed by atoms with van der Waals surface area (Å²) in [5, 5.41) is 8.87. The molecule has 0 spiro atoms. The number of amides is 1. The van der Waals surface area contributed by atoms with Crippen molar-refractivity contribution in [3.8, 4) is 11.8 Å². The number of carbonyl (C=O) groups is 1. The van der Waals surface area contributed by atoms with Crippen LogP contribution in [-0.2, 0) is 4.79 Å². The molecule has 14 heavy (non-hydrogen) atoms. The summed E-state index contributed by atoms with van der Waals surface area (Å²) >= 11 is 0. The molecule has 78 valence electrons. The standard InChI is InChI=1S/C11H17NO2/c1-2-5-11(14)12(8-9-13)10-6-3-4-7-10/h10,13H,3-4,6-9H2,1H3. The Morgan fingerprint density at radius 2 is 2.14 bits per heavy atom. The lowest BCUT2D eigenvalue weighted by atomic mass is 10.2. The zero-order valence-electron chi connectivity index (χ0n) is 8.62. The number of aliphatic hydroxyl groups is 1. The van der Waals surface area contributed by atoms with Gasteiger partial charge in [0.2, 0.25) is 0 Å². The van der Waals surface area contributed by atoms with Gasteiger partial charge in [-0.05, 0) is 25.7 Å². The molecule has 0 aromatic carbocycles. The van der Waals surface area contributed by atoms with Crippen LogP contribution in [0.25, 0.3) is 0 Å². The molecule has 1 fully saturated rings. The van der Waals surface area contributed by atoms with Crippen molar-refractivity contribution >= 4 is 5.91 Å². The molecular formula is C11H17NO2. The normalized spacial score (nSPS) is 16.1. The van der Waals surface area contributed by atoms with Crippen LogP contribution in [0.1, 0.15) is 32.6 Å². The minimum absolute atomic E-state index is 0.0215. The smallest absolute Gasteiger partial charge is 0.298 e. The van der Waals surface area contributed by atoms with E-state index < -0.39 is 0 Å². The van der Waals surface area contributed by atoms with Crippen LogP contribution >= 0.6 is 0 Å². The van der Waals surface area contributed by atoms with Crippen molar-refractivity contribution in [3.63, 3.8) is 0 Å². The Kier molecular flexibility index (Phi) is 4.48. The zero-order valence-corrected chi connectivity index (χ0v) is 8.62. The molecule has 0 bridgehead atoms. The van der Waals surface area contributed by atoms with Crippen molar-refractivity contribution in [1.29, 1.82) is 0 Å². The Hall–Kier alpha value is -1.01. The molecule has 1 N–H and O–H groups in total. The number of aliphatic hydroxyl groups excluding tert-OH is 1. The molecular weight excluding hydrogens is 178 g/mol. The summed E-state index contributed by atoms with van der Waals surface area (Å²) in [5.74, 6) is 5.00. The summed E-state index contributed by atoms with van der Waals surface area (Å²) in [6.45, 7) is 2.09. The highest BCUT2D eigenvalue weighted by Gasteiger charge is 2.24. The van der Waals surface area contributed by atoms with Crippen LogP contribution in [0, 0.1) is 11.8 Å². The predicted molar refractivity (Wildman–Crippen MR) is 54.5 cm³/mol. The van der Waals surface area contributed by atoms with Gasteiger partial charge in [-0.15, -0.1) is 0 Å². The van der Waals surface area contributed by atoms with Crippen LogP contribution in [0.2, 0.25) is 0 Å². The highest BCUT2D eigenvalue weighted by molar-refractivity contribution is 5.93. The third-order valence-corrected chi connectivity index (χ3v) is 2.60. The molecule has 0 aliphatic heterocycles. The molecule has 1 amide bonds. The van der Waals surface area contributed by atoms with Gasteiger partial charge in [0.15, 0.2) is 0 Å². The van der Waals surface area contributed by atoms with E-state index in [9.17, 15) is 4.79 Å². The Morgan fingerprint density at radius 3 is 2.64 bits per heavy atom. The molecule has 0 aromatic heterocycles.